The summed E-state index contributed by atoms with van der Waals surface area (Å²) in [6.07, 6.45) is -4.00. The van der Waals surface area contributed by atoms with Gasteiger partial charge in [-0.25, -0.2) is 0 Å². The summed E-state index contributed by atoms with van der Waals surface area (Å²) < 4.78 is 30.1. The van der Waals surface area contributed by atoms with E-state index < -0.39 is 40.3 Å². The molecule has 0 aliphatic carbocycles. The van der Waals surface area contributed by atoms with E-state index in [2.05, 4.69) is 5.32 Å². The lowest BCUT2D eigenvalue weighted by Gasteiger charge is -2.46. The number of amides is 1. The van der Waals surface area contributed by atoms with Crippen molar-refractivity contribution in [2.24, 2.45) is 0 Å². The lowest BCUT2D eigenvalue weighted by Crippen LogP contribution is -2.66. The van der Waals surface area contributed by atoms with Crippen LogP contribution in [0, 0.1) is 0 Å². The maximum absolute atomic E-state index is 13.0. The highest BCUT2D eigenvalue weighted by molar-refractivity contribution is 6.76. The van der Waals surface area contributed by atoms with E-state index >= 15 is 0 Å². The van der Waals surface area contributed by atoms with E-state index in [-0.39, 0.29) is 26.4 Å². The third kappa shape index (κ3) is 10.3. The van der Waals surface area contributed by atoms with Gasteiger partial charge in [0, 0.05) is 0 Å². The van der Waals surface area contributed by atoms with E-state index in [1.807, 2.05) is 121 Å². The Morgan fingerprint density at radius 1 is 0.587 bits per heavy atom. The zero-order valence-electron chi connectivity index (χ0n) is 25.1. The van der Waals surface area contributed by atoms with Crippen LogP contribution in [0.1, 0.15) is 22.3 Å². The molecule has 10 heteroatoms. The van der Waals surface area contributed by atoms with Crippen molar-refractivity contribution in [1.82, 2.24) is 5.32 Å². The first-order valence-corrected chi connectivity index (χ1v) is 16.1. The first-order chi connectivity index (χ1) is 22.4. The summed E-state index contributed by atoms with van der Waals surface area (Å²) in [5, 5.41) is 2.73. The fourth-order valence-electron chi connectivity index (χ4n) is 5.12. The number of benzene rings is 4. The molecule has 0 radical (unpaired) electrons. The van der Waals surface area contributed by atoms with Crippen LogP contribution in [0.25, 0.3) is 0 Å². The molecule has 1 saturated heterocycles. The highest BCUT2D eigenvalue weighted by Crippen LogP contribution is 2.32. The van der Waals surface area contributed by atoms with Gasteiger partial charge in [-0.15, -0.1) is 0 Å². The van der Waals surface area contributed by atoms with Crippen LogP contribution in [0.3, 0.4) is 0 Å². The maximum Gasteiger partial charge on any atom is 0.274 e. The van der Waals surface area contributed by atoms with Crippen LogP contribution in [0.4, 0.5) is 0 Å². The van der Waals surface area contributed by atoms with Crippen molar-refractivity contribution in [3.63, 3.8) is 0 Å². The lowest BCUT2D eigenvalue weighted by atomic mass is 9.96. The molecule has 242 valence electrons. The minimum Gasteiger partial charge on any atom is -0.374 e. The molecule has 5 atom stereocenters. The topological polar surface area (TPSA) is 75.3 Å². The van der Waals surface area contributed by atoms with Gasteiger partial charge in [0.05, 0.1) is 33.0 Å². The number of ether oxygens (including phenoxy) is 5. The zero-order valence-corrected chi connectivity index (χ0v) is 27.3. The molecule has 0 spiro atoms. The standard InChI is InChI=1S/C36H36Cl3NO6/c37-36(38,39)35(41)40-34-33(45-24-29-19-11-4-12-20-29)32(44-23-28-17-9-3-10-18-28)31(43-22-27-15-7-2-8-16-27)30(46-34)25-42-21-26-13-5-1-6-14-26/h1-20,30-34H,21-25H2,(H,40,41)/t30-,31-,32+,33-,34+/m1/s1. The fraction of sp³-hybridized carbons (Fsp3) is 0.306. The summed E-state index contributed by atoms with van der Waals surface area (Å²) in [6.45, 7) is 1.23. The molecule has 0 saturated carbocycles. The molecular formula is C36H36Cl3NO6. The van der Waals surface area contributed by atoms with Gasteiger partial charge in [-0.2, -0.15) is 0 Å². The van der Waals surface area contributed by atoms with E-state index in [9.17, 15) is 4.79 Å². The molecule has 4 aromatic rings. The Morgan fingerprint density at radius 2 is 0.978 bits per heavy atom. The van der Waals surface area contributed by atoms with Gasteiger partial charge in [0.25, 0.3) is 9.70 Å². The highest BCUT2D eigenvalue weighted by atomic mass is 35.6. The Hall–Kier alpha value is -2.98. The Bertz CT molecular complexity index is 1460. The summed E-state index contributed by atoms with van der Waals surface area (Å²) in [4.78, 5) is 13.0. The Morgan fingerprint density at radius 3 is 1.41 bits per heavy atom. The third-order valence-corrected chi connectivity index (χ3v) is 7.93. The normalized spacial score (nSPS) is 21.5. The molecular weight excluding hydrogens is 649 g/mol. The summed E-state index contributed by atoms with van der Waals surface area (Å²) in [5.41, 5.74) is 3.85. The van der Waals surface area contributed by atoms with Gasteiger partial charge in [-0.3, -0.25) is 4.79 Å². The van der Waals surface area contributed by atoms with Gasteiger partial charge in [0.2, 0.25) is 0 Å². The van der Waals surface area contributed by atoms with Crippen LogP contribution in [-0.4, -0.2) is 47.0 Å². The van der Waals surface area contributed by atoms with Crippen LogP contribution >= 0.6 is 34.8 Å². The maximum atomic E-state index is 13.0. The van der Waals surface area contributed by atoms with Crippen molar-refractivity contribution in [3.05, 3.63) is 144 Å². The molecule has 1 fully saturated rings. The minimum absolute atomic E-state index is 0.130. The molecule has 1 heterocycles. The van der Waals surface area contributed by atoms with Crippen LogP contribution in [0.5, 0.6) is 0 Å². The second kappa shape index (κ2) is 17.3. The van der Waals surface area contributed by atoms with E-state index in [1.54, 1.807) is 0 Å². The van der Waals surface area contributed by atoms with Gasteiger partial charge >= 0.3 is 0 Å². The van der Waals surface area contributed by atoms with Crippen LogP contribution in [-0.2, 0) is 54.9 Å². The summed E-state index contributed by atoms with van der Waals surface area (Å²) in [6, 6.07) is 39.1. The number of alkyl halides is 3. The summed E-state index contributed by atoms with van der Waals surface area (Å²) >= 11 is 17.9. The lowest BCUT2D eigenvalue weighted by molar-refractivity contribution is -0.277. The van der Waals surface area contributed by atoms with E-state index in [0.717, 1.165) is 22.3 Å². The van der Waals surface area contributed by atoms with Crippen LogP contribution in [0.2, 0.25) is 0 Å². The summed E-state index contributed by atoms with van der Waals surface area (Å²) in [7, 11) is 0. The van der Waals surface area contributed by atoms with Crippen molar-refractivity contribution in [1.29, 1.82) is 0 Å². The zero-order chi connectivity index (χ0) is 32.2. The van der Waals surface area contributed by atoms with E-state index in [4.69, 9.17) is 58.5 Å². The van der Waals surface area contributed by atoms with Crippen molar-refractivity contribution in [3.8, 4) is 0 Å². The van der Waals surface area contributed by atoms with E-state index in [0.29, 0.717) is 6.61 Å². The number of halogens is 3. The summed E-state index contributed by atoms with van der Waals surface area (Å²) in [5.74, 6) is -0.856. The van der Waals surface area contributed by atoms with Crippen LogP contribution in [0.15, 0.2) is 121 Å². The smallest absolute Gasteiger partial charge is 0.274 e. The first kappa shape index (κ1) is 34.4. The predicted octanol–water partition coefficient (Wildman–Crippen LogP) is 7.17. The molecule has 0 aromatic heterocycles. The van der Waals surface area contributed by atoms with Gasteiger partial charge in [0.1, 0.15) is 24.4 Å². The van der Waals surface area contributed by atoms with Gasteiger partial charge in [0.15, 0.2) is 6.23 Å². The van der Waals surface area contributed by atoms with Gasteiger partial charge in [-0.1, -0.05) is 156 Å². The second-order valence-corrected chi connectivity index (χ2v) is 13.1. The van der Waals surface area contributed by atoms with Crippen LogP contribution < -0.4 is 5.32 Å². The number of hydrogen-bond acceptors (Lipinski definition) is 6. The minimum atomic E-state index is -2.23. The van der Waals surface area contributed by atoms with E-state index in [1.165, 1.54) is 0 Å². The highest BCUT2D eigenvalue weighted by Gasteiger charge is 2.50. The van der Waals surface area contributed by atoms with Crippen molar-refractivity contribution in [2.75, 3.05) is 6.61 Å². The molecule has 5 rings (SSSR count). The molecule has 1 aliphatic rings. The largest absolute Gasteiger partial charge is 0.374 e. The molecule has 4 aromatic carbocycles. The first-order valence-electron chi connectivity index (χ1n) is 15.0. The Labute approximate surface area is 284 Å². The quantitative estimate of drug-likeness (QED) is 0.142. The third-order valence-electron chi connectivity index (χ3n) is 7.41. The van der Waals surface area contributed by atoms with Crippen molar-refractivity contribution in [2.45, 2.75) is 60.9 Å². The molecule has 46 heavy (non-hydrogen) atoms. The van der Waals surface area contributed by atoms with Gasteiger partial charge in [-0.05, 0) is 22.3 Å². The second-order valence-electron chi connectivity index (χ2n) is 10.9. The Kier molecular flexibility index (Phi) is 12.9. The average molecular weight is 685 g/mol. The van der Waals surface area contributed by atoms with Crippen molar-refractivity contribution < 1.29 is 28.5 Å². The Balaban J connectivity index is 1.46. The predicted molar refractivity (Wildman–Crippen MR) is 178 cm³/mol. The monoisotopic (exact) mass is 683 g/mol. The molecule has 0 bridgehead atoms. The molecule has 1 N–H and O–H groups in total. The molecule has 7 nitrogen and oxygen atoms in total. The number of hydrogen-bond donors (Lipinski definition) is 1. The average Bonchev–Trinajstić information content (AvgIpc) is 3.07. The number of carbonyl (C=O) groups is 1. The number of nitrogens with one attached hydrogen (secondary N) is 1. The van der Waals surface area contributed by atoms with Gasteiger partial charge < -0.3 is 29.0 Å². The molecule has 1 aliphatic heterocycles. The molecule has 1 amide bonds. The fourth-order valence-corrected chi connectivity index (χ4v) is 5.28. The molecule has 0 unspecified atom stereocenters. The SMILES string of the molecule is O=C(N[C@H]1O[C@H](COCc2ccccc2)[C@@H](OCc2ccccc2)[C@H](OCc2ccccc2)[C@H]1OCc1ccccc1)C(Cl)(Cl)Cl. The number of rotatable bonds is 14. The van der Waals surface area contributed by atoms with Crippen molar-refractivity contribution >= 4 is 40.7 Å². The number of carbonyl (C=O) groups excluding carboxylic acids is 1.